The van der Waals surface area contributed by atoms with Gasteiger partial charge in [0.25, 0.3) is 0 Å². The van der Waals surface area contributed by atoms with Crippen molar-refractivity contribution in [3.05, 3.63) is 66.1 Å². The molecular formula is C22H20FN5O2. The number of hydrogen-bond acceptors (Lipinski definition) is 7. The number of halogens is 1. The quantitative estimate of drug-likeness (QED) is 0.492. The summed E-state index contributed by atoms with van der Waals surface area (Å²) in [4.78, 5) is 18.0. The maximum Gasteiger partial charge on any atom is 0.247 e. The van der Waals surface area contributed by atoms with Crippen molar-refractivity contribution in [1.29, 1.82) is 0 Å². The third kappa shape index (κ3) is 4.27. The van der Waals surface area contributed by atoms with Gasteiger partial charge in [-0.2, -0.15) is 9.97 Å². The number of benzene rings is 2. The van der Waals surface area contributed by atoms with E-state index in [2.05, 4.69) is 25.3 Å². The topological polar surface area (TPSA) is 82.0 Å². The lowest BCUT2D eigenvalue weighted by Crippen LogP contribution is -2.07. The summed E-state index contributed by atoms with van der Waals surface area (Å²) in [6, 6.07) is 13.8. The second kappa shape index (κ2) is 8.69. The molecule has 4 rings (SSSR count). The molecule has 0 atom stereocenters. The molecule has 0 saturated heterocycles. The molecule has 7 nitrogen and oxygen atoms in total. The van der Waals surface area contributed by atoms with Crippen LogP contribution in [-0.4, -0.2) is 33.7 Å². The molecule has 1 N–H and O–H groups in total. The molecule has 0 aliphatic carbocycles. The standard InChI is InChI=1S/C22H20FN5O2/c1-3-30-21-19-20(24-13-18(26-19)15-5-4-6-17(11-15)29-2)27-22(28-21)25-12-14-7-9-16(23)10-8-14/h4-11,13H,3,12H2,1-2H3,(H,24,25,27,28). The van der Waals surface area contributed by atoms with E-state index in [-0.39, 0.29) is 5.82 Å². The van der Waals surface area contributed by atoms with Gasteiger partial charge in [-0.25, -0.2) is 14.4 Å². The molecule has 4 aromatic rings. The molecule has 152 valence electrons. The van der Waals surface area contributed by atoms with Gasteiger partial charge in [-0.15, -0.1) is 0 Å². The first-order valence-corrected chi connectivity index (χ1v) is 9.46. The van der Waals surface area contributed by atoms with Gasteiger partial charge in [0.1, 0.15) is 11.6 Å². The van der Waals surface area contributed by atoms with E-state index < -0.39 is 0 Å². The fourth-order valence-electron chi connectivity index (χ4n) is 2.90. The van der Waals surface area contributed by atoms with Gasteiger partial charge in [0.2, 0.25) is 11.8 Å². The van der Waals surface area contributed by atoms with Crippen molar-refractivity contribution in [3.8, 4) is 22.9 Å². The molecular weight excluding hydrogens is 385 g/mol. The van der Waals surface area contributed by atoms with E-state index in [1.165, 1.54) is 12.1 Å². The minimum Gasteiger partial charge on any atom is -0.497 e. The molecule has 0 bridgehead atoms. The van der Waals surface area contributed by atoms with Gasteiger partial charge in [0.15, 0.2) is 11.2 Å². The average Bonchev–Trinajstić information content (AvgIpc) is 2.78. The highest BCUT2D eigenvalue weighted by molar-refractivity contribution is 5.79. The molecule has 0 amide bonds. The predicted molar refractivity (Wildman–Crippen MR) is 112 cm³/mol. The molecule has 0 fully saturated rings. The summed E-state index contributed by atoms with van der Waals surface area (Å²) in [5.41, 5.74) is 3.33. The molecule has 0 spiro atoms. The number of methoxy groups -OCH3 is 1. The number of hydrogen-bond donors (Lipinski definition) is 1. The first-order valence-electron chi connectivity index (χ1n) is 9.46. The van der Waals surface area contributed by atoms with E-state index in [0.29, 0.717) is 41.8 Å². The number of nitrogens with zero attached hydrogens (tertiary/aromatic N) is 4. The van der Waals surface area contributed by atoms with E-state index in [1.807, 2.05) is 31.2 Å². The van der Waals surface area contributed by atoms with Crippen LogP contribution >= 0.6 is 0 Å². The van der Waals surface area contributed by atoms with Crippen LogP contribution in [0.3, 0.4) is 0 Å². The van der Waals surface area contributed by atoms with Crippen LogP contribution in [0.2, 0.25) is 0 Å². The summed E-state index contributed by atoms with van der Waals surface area (Å²) in [5.74, 6) is 1.16. The Hall–Kier alpha value is -3.81. The minimum absolute atomic E-state index is 0.276. The molecule has 8 heteroatoms. The first-order chi connectivity index (χ1) is 14.7. The maximum absolute atomic E-state index is 13.1. The second-order valence-corrected chi connectivity index (χ2v) is 6.42. The number of anilines is 1. The normalized spacial score (nSPS) is 10.8. The second-order valence-electron chi connectivity index (χ2n) is 6.42. The Labute approximate surface area is 173 Å². The Morgan fingerprint density at radius 3 is 2.63 bits per heavy atom. The molecule has 0 aliphatic heterocycles. The molecule has 0 unspecified atom stereocenters. The van der Waals surface area contributed by atoms with Crippen LogP contribution in [0.5, 0.6) is 11.6 Å². The van der Waals surface area contributed by atoms with Crippen molar-refractivity contribution < 1.29 is 13.9 Å². The van der Waals surface area contributed by atoms with Gasteiger partial charge >= 0.3 is 0 Å². The summed E-state index contributed by atoms with van der Waals surface area (Å²) in [6.07, 6.45) is 1.66. The van der Waals surface area contributed by atoms with Gasteiger partial charge in [-0.3, -0.25) is 0 Å². The molecule has 0 radical (unpaired) electrons. The zero-order valence-corrected chi connectivity index (χ0v) is 16.6. The third-order valence-corrected chi connectivity index (χ3v) is 4.39. The number of ether oxygens (including phenoxy) is 2. The van der Waals surface area contributed by atoms with E-state index in [9.17, 15) is 4.39 Å². The number of fused-ring (bicyclic) bond motifs is 1. The summed E-state index contributed by atoms with van der Waals surface area (Å²) in [5, 5.41) is 3.12. The van der Waals surface area contributed by atoms with Crippen LogP contribution in [0.1, 0.15) is 12.5 Å². The van der Waals surface area contributed by atoms with Crippen LogP contribution in [0.15, 0.2) is 54.7 Å². The Bertz CT molecular complexity index is 1170. The number of nitrogens with one attached hydrogen (secondary N) is 1. The van der Waals surface area contributed by atoms with Crippen molar-refractivity contribution >= 4 is 17.1 Å². The van der Waals surface area contributed by atoms with Gasteiger partial charge in [0, 0.05) is 12.1 Å². The summed E-state index contributed by atoms with van der Waals surface area (Å²) in [7, 11) is 1.62. The molecule has 2 heterocycles. The van der Waals surface area contributed by atoms with Gasteiger partial charge < -0.3 is 14.8 Å². The highest BCUT2D eigenvalue weighted by Gasteiger charge is 2.13. The molecule has 0 saturated carbocycles. The number of aromatic nitrogens is 4. The predicted octanol–water partition coefficient (Wildman–Crippen LogP) is 4.25. The van der Waals surface area contributed by atoms with E-state index in [1.54, 1.807) is 25.4 Å². The van der Waals surface area contributed by atoms with Crippen molar-refractivity contribution in [2.24, 2.45) is 0 Å². The van der Waals surface area contributed by atoms with Crippen LogP contribution in [-0.2, 0) is 6.54 Å². The fraction of sp³-hybridized carbons (Fsp3) is 0.182. The van der Waals surface area contributed by atoms with Crippen LogP contribution < -0.4 is 14.8 Å². The highest BCUT2D eigenvalue weighted by Crippen LogP contribution is 2.26. The highest BCUT2D eigenvalue weighted by atomic mass is 19.1. The van der Waals surface area contributed by atoms with Crippen molar-refractivity contribution in [2.45, 2.75) is 13.5 Å². The van der Waals surface area contributed by atoms with Gasteiger partial charge in [-0.05, 0) is 36.8 Å². The lowest BCUT2D eigenvalue weighted by Gasteiger charge is -2.11. The molecule has 30 heavy (non-hydrogen) atoms. The minimum atomic E-state index is -0.276. The third-order valence-electron chi connectivity index (χ3n) is 4.39. The summed E-state index contributed by atoms with van der Waals surface area (Å²) in [6.45, 7) is 2.74. The maximum atomic E-state index is 13.1. The largest absolute Gasteiger partial charge is 0.497 e. The molecule has 2 aromatic carbocycles. The van der Waals surface area contributed by atoms with Crippen LogP contribution in [0.4, 0.5) is 10.3 Å². The van der Waals surface area contributed by atoms with Gasteiger partial charge in [0.05, 0.1) is 25.6 Å². The van der Waals surface area contributed by atoms with E-state index in [4.69, 9.17) is 9.47 Å². The Balaban J connectivity index is 1.67. The molecule has 2 aromatic heterocycles. The Morgan fingerprint density at radius 1 is 1.03 bits per heavy atom. The first kappa shape index (κ1) is 19.5. The zero-order valence-electron chi connectivity index (χ0n) is 16.6. The lowest BCUT2D eigenvalue weighted by atomic mass is 10.1. The summed E-state index contributed by atoms with van der Waals surface area (Å²) >= 11 is 0. The molecule has 0 aliphatic rings. The van der Waals surface area contributed by atoms with E-state index >= 15 is 0 Å². The monoisotopic (exact) mass is 405 g/mol. The summed E-state index contributed by atoms with van der Waals surface area (Å²) < 4.78 is 24.1. The Kier molecular flexibility index (Phi) is 5.65. The van der Waals surface area contributed by atoms with Crippen LogP contribution in [0.25, 0.3) is 22.4 Å². The number of rotatable bonds is 7. The SMILES string of the molecule is CCOc1nc(NCc2ccc(F)cc2)nc2ncc(-c3cccc(OC)c3)nc12. The van der Waals surface area contributed by atoms with Crippen molar-refractivity contribution in [1.82, 2.24) is 19.9 Å². The Morgan fingerprint density at radius 2 is 1.87 bits per heavy atom. The van der Waals surface area contributed by atoms with Crippen molar-refractivity contribution in [2.75, 3.05) is 19.0 Å². The van der Waals surface area contributed by atoms with Crippen molar-refractivity contribution in [3.63, 3.8) is 0 Å². The lowest BCUT2D eigenvalue weighted by molar-refractivity contribution is 0.330. The van der Waals surface area contributed by atoms with E-state index in [0.717, 1.165) is 16.9 Å². The zero-order chi connectivity index (χ0) is 20.9. The fourth-order valence-corrected chi connectivity index (χ4v) is 2.90. The smallest absolute Gasteiger partial charge is 0.247 e. The average molecular weight is 405 g/mol. The van der Waals surface area contributed by atoms with Crippen LogP contribution in [0, 0.1) is 5.82 Å². The van der Waals surface area contributed by atoms with Gasteiger partial charge in [-0.1, -0.05) is 24.3 Å².